The smallest absolute Gasteiger partial charge is 0.326 e. The van der Waals surface area contributed by atoms with Crippen molar-refractivity contribution in [1.29, 1.82) is 0 Å². The maximum Gasteiger partial charge on any atom is 0.326 e. The molecule has 0 saturated carbocycles. The van der Waals surface area contributed by atoms with Crippen LogP contribution in [0.15, 0.2) is 18.2 Å². The maximum atomic E-state index is 11.3. The molecule has 17 heavy (non-hydrogen) atoms. The first-order chi connectivity index (χ1) is 7.97. The van der Waals surface area contributed by atoms with E-state index < -0.39 is 17.9 Å². The zero-order chi connectivity index (χ0) is 13.0. The Hall–Kier alpha value is -2.04. The molecule has 1 atom stereocenters. The van der Waals surface area contributed by atoms with E-state index in [1.165, 1.54) is 0 Å². The van der Waals surface area contributed by atoms with E-state index in [0.29, 0.717) is 17.7 Å². The van der Waals surface area contributed by atoms with Crippen molar-refractivity contribution in [2.24, 2.45) is 5.73 Å². The maximum absolute atomic E-state index is 11.3. The van der Waals surface area contributed by atoms with E-state index in [1.54, 1.807) is 32.0 Å². The van der Waals surface area contributed by atoms with Crippen molar-refractivity contribution in [3.63, 3.8) is 0 Å². The van der Waals surface area contributed by atoms with Crippen LogP contribution in [-0.4, -0.2) is 23.0 Å². The quantitative estimate of drug-likeness (QED) is 0.719. The predicted octanol–water partition coefficient (Wildman–Crippen LogP) is 1.37. The van der Waals surface area contributed by atoms with E-state index in [9.17, 15) is 9.59 Å². The van der Waals surface area contributed by atoms with Crippen molar-refractivity contribution in [3.05, 3.63) is 29.3 Å². The molecule has 5 nitrogen and oxygen atoms in total. The molecule has 1 aromatic rings. The Labute approximate surface area is 99.6 Å². The van der Waals surface area contributed by atoms with Gasteiger partial charge in [0, 0.05) is 5.69 Å². The number of hydrogen-bond donors (Lipinski definition) is 3. The molecule has 1 unspecified atom stereocenters. The number of carbonyl (C=O) groups is 2. The molecule has 0 spiro atoms. The van der Waals surface area contributed by atoms with Gasteiger partial charge in [-0.2, -0.15) is 0 Å². The molecule has 0 heterocycles. The molecular formula is C12H16N2O3. The van der Waals surface area contributed by atoms with E-state index in [2.05, 4.69) is 5.32 Å². The summed E-state index contributed by atoms with van der Waals surface area (Å²) in [7, 11) is 0. The topological polar surface area (TPSA) is 92.4 Å². The lowest BCUT2D eigenvalue weighted by Gasteiger charge is -2.17. The highest BCUT2D eigenvalue weighted by Gasteiger charge is 2.18. The fourth-order valence-electron chi connectivity index (χ4n) is 1.64. The van der Waals surface area contributed by atoms with Crippen LogP contribution in [0, 0.1) is 6.92 Å². The molecule has 0 fully saturated rings. The lowest BCUT2D eigenvalue weighted by atomic mass is 10.0. The second-order valence-electron chi connectivity index (χ2n) is 3.81. The Morgan fingerprint density at radius 3 is 2.59 bits per heavy atom. The number of hydrogen-bond acceptors (Lipinski definition) is 3. The molecule has 1 aromatic carbocycles. The monoisotopic (exact) mass is 236 g/mol. The first-order valence-electron chi connectivity index (χ1n) is 5.36. The van der Waals surface area contributed by atoms with Crippen LogP contribution in [0.1, 0.15) is 29.3 Å². The first-order valence-corrected chi connectivity index (χ1v) is 5.36. The normalized spacial score (nSPS) is 11.9. The van der Waals surface area contributed by atoms with Gasteiger partial charge in [0.2, 0.25) is 0 Å². The van der Waals surface area contributed by atoms with E-state index in [1.807, 2.05) is 0 Å². The minimum atomic E-state index is -0.954. The van der Waals surface area contributed by atoms with E-state index in [4.69, 9.17) is 10.8 Å². The van der Waals surface area contributed by atoms with Crippen LogP contribution in [0.2, 0.25) is 0 Å². The summed E-state index contributed by atoms with van der Waals surface area (Å²) in [4.78, 5) is 22.2. The summed E-state index contributed by atoms with van der Waals surface area (Å²) >= 11 is 0. The molecule has 5 heteroatoms. The van der Waals surface area contributed by atoms with Crippen LogP contribution >= 0.6 is 0 Å². The number of carbonyl (C=O) groups excluding carboxylic acids is 1. The van der Waals surface area contributed by atoms with Crippen LogP contribution in [0.25, 0.3) is 0 Å². The average Bonchev–Trinajstić information content (AvgIpc) is 2.24. The number of anilines is 1. The second kappa shape index (κ2) is 5.34. The fourth-order valence-corrected chi connectivity index (χ4v) is 1.64. The largest absolute Gasteiger partial charge is 0.480 e. The number of carboxylic acids is 1. The summed E-state index contributed by atoms with van der Waals surface area (Å²) in [6.07, 6.45) is 0.418. The number of aliphatic carboxylic acids is 1. The Kier molecular flexibility index (Phi) is 4.09. The summed E-state index contributed by atoms with van der Waals surface area (Å²) in [6, 6.07) is 4.43. The van der Waals surface area contributed by atoms with Gasteiger partial charge in [0.25, 0.3) is 5.91 Å². The van der Waals surface area contributed by atoms with E-state index in [-0.39, 0.29) is 0 Å². The van der Waals surface area contributed by atoms with Gasteiger partial charge in [-0.05, 0) is 25.0 Å². The average molecular weight is 236 g/mol. The fraction of sp³-hybridized carbons (Fsp3) is 0.333. The summed E-state index contributed by atoms with van der Waals surface area (Å²) in [5.41, 5.74) is 6.81. The van der Waals surface area contributed by atoms with Gasteiger partial charge in [-0.1, -0.05) is 19.1 Å². The lowest BCUT2D eigenvalue weighted by Crippen LogP contribution is -2.29. The minimum absolute atomic E-state index is 0.340. The number of benzene rings is 1. The molecule has 1 rings (SSSR count). The van der Waals surface area contributed by atoms with Crippen molar-refractivity contribution < 1.29 is 14.7 Å². The number of aryl methyl sites for hydroxylation is 1. The van der Waals surface area contributed by atoms with Crippen molar-refractivity contribution in [1.82, 2.24) is 0 Å². The summed E-state index contributed by atoms with van der Waals surface area (Å²) in [5.74, 6) is -1.52. The van der Waals surface area contributed by atoms with Crippen LogP contribution in [0.5, 0.6) is 0 Å². The van der Waals surface area contributed by atoms with E-state index in [0.717, 1.165) is 5.56 Å². The SMILES string of the molecule is CCC(Nc1cccc(C)c1C(N)=O)C(=O)O. The Morgan fingerprint density at radius 1 is 1.47 bits per heavy atom. The molecule has 0 aromatic heterocycles. The molecule has 0 saturated heterocycles. The minimum Gasteiger partial charge on any atom is -0.480 e. The van der Waals surface area contributed by atoms with Gasteiger partial charge < -0.3 is 16.2 Å². The number of nitrogens with one attached hydrogen (secondary N) is 1. The van der Waals surface area contributed by atoms with Gasteiger partial charge in [0.1, 0.15) is 6.04 Å². The Balaban J connectivity index is 3.10. The third-order valence-corrected chi connectivity index (χ3v) is 2.56. The number of rotatable bonds is 5. The molecule has 0 aliphatic rings. The van der Waals surface area contributed by atoms with Gasteiger partial charge in [-0.25, -0.2) is 4.79 Å². The van der Waals surface area contributed by atoms with Crippen LogP contribution < -0.4 is 11.1 Å². The number of amides is 1. The standard InChI is InChI=1S/C12H16N2O3/c1-3-8(12(16)17)14-9-6-4-5-7(2)10(9)11(13)15/h4-6,8,14H,3H2,1-2H3,(H2,13,15)(H,16,17). The molecule has 0 aliphatic heterocycles. The van der Waals surface area contributed by atoms with Crippen LogP contribution in [-0.2, 0) is 4.79 Å². The van der Waals surface area contributed by atoms with E-state index >= 15 is 0 Å². The summed E-state index contributed by atoms with van der Waals surface area (Å²) < 4.78 is 0. The van der Waals surface area contributed by atoms with Crippen molar-refractivity contribution >= 4 is 17.6 Å². The number of nitrogens with two attached hydrogens (primary N) is 1. The van der Waals surface area contributed by atoms with Gasteiger partial charge in [-0.15, -0.1) is 0 Å². The zero-order valence-electron chi connectivity index (χ0n) is 9.86. The van der Waals surface area contributed by atoms with Crippen LogP contribution in [0.3, 0.4) is 0 Å². The van der Waals surface area contributed by atoms with Gasteiger partial charge >= 0.3 is 5.97 Å². The zero-order valence-corrected chi connectivity index (χ0v) is 9.86. The molecule has 1 amide bonds. The van der Waals surface area contributed by atoms with Gasteiger partial charge in [-0.3, -0.25) is 4.79 Å². The molecule has 0 bridgehead atoms. The highest BCUT2D eigenvalue weighted by atomic mass is 16.4. The molecule has 0 aliphatic carbocycles. The van der Waals surface area contributed by atoms with Gasteiger partial charge in [0.05, 0.1) is 5.56 Å². The molecular weight excluding hydrogens is 220 g/mol. The number of carboxylic acid groups (broad SMARTS) is 1. The van der Waals surface area contributed by atoms with Crippen molar-refractivity contribution in [2.75, 3.05) is 5.32 Å². The third-order valence-electron chi connectivity index (χ3n) is 2.56. The Bertz CT molecular complexity index is 443. The summed E-state index contributed by atoms with van der Waals surface area (Å²) in [6.45, 7) is 3.51. The first kappa shape index (κ1) is 13.0. The second-order valence-corrected chi connectivity index (χ2v) is 3.81. The highest BCUT2D eigenvalue weighted by molar-refractivity contribution is 6.00. The lowest BCUT2D eigenvalue weighted by molar-refractivity contribution is -0.137. The van der Waals surface area contributed by atoms with Crippen molar-refractivity contribution in [2.45, 2.75) is 26.3 Å². The summed E-state index contributed by atoms with van der Waals surface area (Å²) in [5, 5.41) is 11.8. The molecule has 92 valence electrons. The van der Waals surface area contributed by atoms with Crippen molar-refractivity contribution in [3.8, 4) is 0 Å². The predicted molar refractivity (Wildman–Crippen MR) is 65.0 cm³/mol. The van der Waals surface area contributed by atoms with Gasteiger partial charge in [0.15, 0.2) is 0 Å². The highest BCUT2D eigenvalue weighted by Crippen LogP contribution is 2.20. The van der Waals surface area contributed by atoms with Crippen LogP contribution in [0.4, 0.5) is 5.69 Å². The molecule has 0 radical (unpaired) electrons. The molecule has 4 N–H and O–H groups in total. The number of primary amides is 1. The Morgan fingerprint density at radius 2 is 2.12 bits per heavy atom. The third kappa shape index (κ3) is 2.96.